The van der Waals surface area contributed by atoms with Crippen molar-refractivity contribution in [2.45, 2.75) is 24.4 Å². The van der Waals surface area contributed by atoms with Gasteiger partial charge in [0.15, 0.2) is 10.7 Å². The summed E-state index contributed by atoms with van der Waals surface area (Å²) in [6, 6.07) is 8.92. The van der Waals surface area contributed by atoms with Crippen molar-refractivity contribution in [2.75, 3.05) is 22.9 Å². The van der Waals surface area contributed by atoms with Gasteiger partial charge < -0.3 is 10.2 Å². The number of carbonyl (C=O) groups is 1. The molecule has 1 aliphatic rings. The average Bonchev–Trinajstić information content (AvgIpc) is 2.78. The molecule has 1 fully saturated rings. The molecule has 0 spiro atoms. The first kappa shape index (κ1) is 25.4. The number of sulfonamides is 1. The Morgan fingerprint density at radius 1 is 1.03 bits per heavy atom. The van der Waals surface area contributed by atoms with Crippen LogP contribution in [0.3, 0.4) is 0 Å². The molecule has 1 N–H and O–H groups in total. The number of halogens is 4. The quantitative estimate of drug-likeness (QED) is 0.187. The molecule has 0 radical (unpaired) electrons. The minimum atomic E-state index is -5.19. The summed E-state index contributed by atoms with van der Waals surface area (Å²) in [7, 11) is -5.19. The number of pyridine rings is 1. The summed E-state index contributed by atoms with van der Waals surface area (Å²) in [5.41, 5.74) is 0.866. The van der Waals surface area contributed by atoms with E-state index in [9.17, 15) is 30.8 Å². The summed E-state index contributed by atoms with van der Waals surface area (Å²) < 4.78 is 83.4. The van der Waals surface area contributed by atoms with Gasteiger partial charge >= 0.3 is 16.5 Å². The van der Waals surface area contributed by atoms with E-state index >= 15 is 0 Å². The number of likely N-dealkylation sites (tertiary alicyclic amines) is 1. The van der Waals surface area contributed by atoms with Gasteiger partial charge in [0.25, 0.3) is 0 Å². The van der Waals surface area contributed by atoms with Crippen molar-refractivity contribution in [1.82, 2.24) is 9.88 Å². The van der Waals surface area contributed by atoms with Crippen LogP contribution in [0.4, 0.5) is 29.1 Å². The average molecular weight is 524 g/mol. The lowest BCUT2D eigenvalue weighted by Crippen LogP contribution is -2.36. The fourth-order valence-electron chi connectivity index (χ4n) is 3.68. The van der Waals surface area contributed by atoms with E-state index in [1.807, 2.05) is 0 Å². The Hall–Kier alpha value is -3.71. The minimum absolute atomic E-state index is 0.117. The molecule has 13 heteroatoms. The maximum absolute atomic E-state index is 14.9. The largest absolute Gasteiger partial charge is 0.381 e. The van der Waals surface area contributed by atoms with Crippen LogP contribution in [0.15, 0.2) is 53.4 Å². The zero-order valence-electron chi connectivity index (χ0n) is 18.6. The van der Waals surface area contributed by atoms with Gasteiger partial charge in [-0.15, -0.1) is 0 Å². The van der Waals surface area contributed by atoms with E-state index in [1.54, 1.807) is 12.1 Å². The van der Waals surface area contributed by atoms with E-state index in [4.69, 9.17) is 0 Å². The van der Waals surface area contributed by atoms with E-state index in [0.29, 0.717) is 29.8 Å². The van der Waals surface area contributed by atoms with Crippen LogP contribution in [0, 0.1) is 23.4 Å². The zero-order chi connectivity index (χ0) is 25.9. The second kappa shape index (κ2) is 10.5. The Kier molecular flexibility index (Phi) is 7.40. The molecule has 0 saturated carbocycles. The van der Waals surface area contributed by atoms with Crippen molar-refractivity contribution in [2.24, 2.45) is 0 Å². The van der Waals surface area contributed by atoms with Crippen LogP contribution in [-0.2, 0) is 32.7 Å². The SMILES string of the molecule is O=CON(c1cccc(F)n1)S(=O)(=O)c1c(F)cc(NCc2c(F)cccc2CN2CCC2)cc1F. The van der Waals surface area contributed by atoms with Gasteiger partial charge in [-0.1, -0.05) is 22.7 Å². The number of nitrogens with zero attached hydrogens (tertiary/aromatic N) is 3. The molecular formula is C23H20F4N4O4S. The summed E-state index contributed by atoms with van der Waals surface area (Å²) >= 11 is 0. The predicted octanol–water partition coefficient (Wildman–Crippen LogP) is 3.74. The summed E-state index contributed by atoms with van der Waals surface area (Å²) in [6.07, 6.45) is 1.06. The Bertz CT molecular complexity index is 1360. The molecule has 1 saturated heterocycles. The van der Waals surface area contributed by atoms with E-state index in [-0.39, 0.29) is 23.2 Å². The Balaban J connectivity index is 1.60. The lowest BCUT2D eigenvalue weighted by atomic mass is 10.0. The second-order valence-corrected chi connectivity index (χ2v) is 9.57. The number of hydrogen-bond donors (Lipinski definition) is 1. The third kappa shape index (κ3) is 5.26. The fourth-order valence-corrected chi connectivity index (χ4v) is 4.96. The predicted molar refractivity (Wildman–Crippen MR) is 121 cm³/mol. The van der Waals surface area contributed by atoms with Crippen LogP contribution in [0.5, 0.6) is 0 Å². The first-order chi connectivity index (χ1) is 17.2. The first-order valence-electron chi connectivity index (χ1n) is 10.7. The second-order valence-electron chi connectivity index (χ2n) is 7.88. The standard InChI is InChI=1S/C23H20F4N4O4S/c24-18-5-1-4-15(13-30-8-3-9-30)17(18)12-28-16-10-19(25)23(20(26)11-16)36(33,34)31(35-14-32)22-7-2-6-21(27)29-22/h1-2,4-7,10-11,14,28H,3,8-9,12-13H2. The number of carbonyl (C=O) groups excluding carboxylic acids is 1. The van der Waals surface area contributed by atoms with Gasteiger partial charge in [0.05, 0.1) is 0 Å². The molecule has 8 nitrogen and oxygen atoms in total. The first-order valence-corrected chi connectivity index (χ1v) is 12.1. The number of benzene rings is 2. The highest BCUT2D eigenvalue weighted by atomic mass is 32.2. The lowest BCUT2D eigenvalue weighted by molar-refractivity contribution is -0.128. The molecule has 190 valence electrons. The van der Waals surface area contributed by atoms with Crippen LogP contribution in [0.2, 0.25) is 0 Å². The van der Waals surface area contributed by atoms with E-state index < -0.39 is 44.1 Å². The van der Waals surface area contributed by atoms with Crippen molar-refractivity contribution >= 4 is 28.0 Å². The van der Waals surface area contributed by atoms with Crippen molar-refractivity contribution in [3.05, 3.63) is 83.1 Å². The van der Waals surface area contributed by atoms with Crippen LogP contribution in [0.25, 0.3) is 0 Å². The number of aromatic nitrogens is 1. The number of anilines is 2. The minimum Gasteiger partial charge on any atom is -0.381 e. The van der Waals surface area contributed by atoms with Crippen LogP contribution in [0.1, 0.15) is 17.5 Å². The Labute approximate surface area is 204 Å². The fraction of sp³-hybridized carbons (Fsp3) is 0.217. The molecule has 0 atom stereocenters. The molecule has 0 amide bonds. The number of hydrogen-bond acceptors (Lipinski definition) is 7. The van der Waals surface area contributed by atoms with E-state index in [1.165, 1.54) is 6.07 Å². The smallest absolute Gasteiger partial charge is 0.322 e. The van der Waals surface area contributed by atoms with Gasteiger partial charge in [-0.05, 0) is 55.4 Å². The van der Waals surface area contributed by atoms with Gasteiger partial charge in [-0.3, -0.25) is 9.69 Å². The van der Waals surface area contributed by atoms with Crippen molar-refractivity contribution in [1.29, 1.82) is 0 Å². The molecule has 1 aliphatic heterocycles. The summed E-state index contributed by atoms with van der Waals surface area (Å²) in [5, 5.41) is 2.71. The maximum Gasteiger partial charge on any atom is 0.322 e. The Morgan fingerprint density at radius 3 is 2.33 bits per heavy atom. The van der Waals surface area contributed by atoms with Crippen molar-refractivity contribution < 1.29 is 35.6 Å². The number of nitrogens with one attached hydrogen (secondary N) is 1. The molecule has 1 aromatic heterocycles. The lowest BCUT2D eigenvalue weighted by Gasteiger charge is -2.31. The Morgan fingerprint density at radius 2 is 1.72 bits per heavy atom. The monoisotopic (exact) mass is 524 g/mol. The molecular weight excluding hydrogens is 504 g/mol. The summed E-state index contributed by atoms with van der Waals surface area (Å²) in [6.45, 7) is 1.88. The van der Waals surface area contributed by atoms with E-state index in [0.717, 1.165) is 37.7 Å². The topological polar surface area (TPSA) is 91.8 Å². The summed E-state index contributed by atoms with van der Waals surface area (Å²) in [4.78, 5) is 19.2. The molecule has 0 unspecified atom stereocenters. The van der Waals surface area contributed by atoms with Gasteiger partial charge in [0.1, 0.15) is 17.5 Å². The molecule has 0 aliphatic carbocycles. The normalized spacial score (nSPS) is 13.7. The van der Waals surface area contributed by atoms with Gasteiger partial charge in [-0.2, -0.15) is 17.8 Å². The molecule has 0 bridgehead atoms. The zero-order valence-corrected chi connectivity index (χ0v) is 19.4. The third-order valence-corrected chi connectivity index (χ3v) is 7.14. The molecule has 2 aromatic carbocycles. The summed E-state index contributed by atoms with van der Waals surface area (Å²) in [5.74, 6) is -5.41. The highest BCUT2D eigenvalue weighted by Gasteiger charge is 2.35. The molecule has 3 aromatic rings. The number of rotatable bonds is 10. The molecule has 2 heterocycles. The molecule has 4 rings (SSSR count). The third-order valence-electron chi connectivity index (χ3n) is 5.53. The van der Waals surface area contributed by atoms with Gasteiger partial charge in [0.2, 0.25) is 5.95 Å². The van der Waals surface area contributed by atoms with Crippen LogP contribution < -0.4 is 9.79 Å². The van der Waals surface area contributed by atoms with Crippen molar-refractivity contribution in [3.63, 3.8) is 0 Å². The maximum atomic E-state index is 14.9. The highest BCUT2D eigenvalue weighted by Crippen LogP contribution is 2.29. The van der Waals surface area contributed by atoms with Gasteiger partial charge in [0, 0.05) is 24.3 Å². The van der Waals surface area contributed by atoms with Crippen molar-refractivity contribution in [3.8, 4) is 0 Å². The highest BCUT2D eigenvalue weighted by molar-refractivity contribution is 7.92. The van der Waals surface area contributed by atoms with Crippen LogP contribution in [-0.4, -0.2) is 37.9 Å². The van der Waals surface area contributed by atoms with Crippen LogP contribution >= 0.6 is 0 Å². The van der Waals surface area contributed by atoms with E-state index in [2.05, 4.69) is 20.0 Å². The molecule has 36 heavy (non-hydrogen) atoms. The van der Waals surface area contributed by atoms with Gasteiger partial charge in [-0.25, -0.2) is 13.2 Å².